The number of likely N-dealkylation sites (N-methyl/N-ethyl adjacent to an activating group) is 1. The minimum absolute atomic E-state index is 0.00766. The fourth-order valence-electron chi connectivity index (χ4n) is 7.24. The first-order valence-corrected chi connectivity index (χ1v) is 18.9. The second kappa shape index (κ2) is 18.3. The summed E-state index contributed by atoms with van der Waals surface area (Å²) in [5.74, 6) is -2.96. The number of hydrogen-bond acceptors (Lipinski definition) is 10. The van der Waals surface area contributed by atoms with E-state index >= 15 is 0 Å². The summed E-state index contributed by atoms with van der Waals surface area (Å²) in [5, 5.41) is 39.1. The number of aromatic hydroxyl groups is 1. The number of aliphatic hydroxyl groups is 1. The first kappa shape index (κ1) is 40.2. The van der Waals surface area contributed by atoms with E-state index in [1.807, 2.05) is 39.6 Å². The highest BCUT2D eigenvalue weighted by Gasteiger charge is 2.38. The third kappa shape index (κ3) is 10.1. The molecular formula is C37H55N5O8S. The van der Waals surface area contributed by atoms with Gasteiger partial charge in [0, 0.05) is 37.5 Å². The highest BCUT2D eigenvalue weighted by Crippen LogP contribution is 2.35. The molecule has 0 saturated carbocycles. The lowest BCUT2D eigenvalue weighted by atomic mass is 9.80. The normalized spacial score (nSPS) is 21.6. The van der Waals surface area contributed by atoms with Crippen LogP contribution in [0, 0.1) is 11.8 Å². The van der Waals surface area contributed by atoms with Gasteiger partial charge in [-0.25, -0.2) is 4.98 Å². The molecule has 51 heavy (non-hydrogen) atoms. The van der Waals surface area contributed by atoms with Crippen molar-refractivity contribution < 1.29 is 39.2 Å². The van der Waals surface area contributed by atoms with Gasteiger partial charge in [-0.05, 0) is 74.4 Å². The quantitative estimate of drug-likeness (QED) is 0.171. The number of aromatic nitrogens is 1. The van der Waals surface area contributed by atoms with Gasteiger partial charge in [0.15, 0.2) is 0 Å². The van der Waals surface area contributed by atoms with Crippen LogP contribution in [-0.2, 0) is 25.5 Å². The Labute approximate surface area is 304 Å². The Bertz CT molecular complexity index is 1520. The minimum Gasteiger partial charge on any atom is -0.508 e. The van der Waals surface area contributed by atoms with Crippen LogP contribution in [0.5, 0.6) is 5.75 Å². The molecule has 0 radical (unpaired) electrons. The number of carboxylic acids is 1. The number of benzene rings is 1. The molecule has 7 atom stereocenters. The molecule has 3 amide bonds. The SMILES string of the molecule is CCC(C)C(NC(=O)C1CCCCN1C)C(=O)N(CCOC)[C@H](C[C@@H](O)c1nc(C(=O)N[C@H]2Cc3ccc(O)cc3[C@H](C(=O)O)C2)cs1)C(C)C. The summed E-state index contributed by atoms with van der Waals surface area (Å²) in [4.78, 5) is 61.4. The average molecular weight is 730 g/mol. The Hall–Kier alpha value is -3.59. The maximum Gasteiger partial charge on any atom is 0.311 e. The molecule has 13 nitrogen and oxygen atoms in total. The van der Waals surface area contributed by atoms with Crippen molar-refractivity contribution in [3.8, 4) is 5.75 Å². The molecule has 2 aliphatic rings. The van der Waals surface area contributed by atoms with Crippen LogP contribution < -0.4 is 10.6 Å². The van der Waals surface area contributed by atoms with Crippen molar-refractivity contribution in [1.82, 2.24) is 25.4 Å². The van der Waals surface area contributed by atoms with E-state index in [1.54, 1.807) is 23.5 Å². The summed E-state index contributed by atoms with van der Waals surface area (Å²) < 4.78 is 5.39. The summed E-state index contributed by atoms with van der Waals surface area (Å²) in [6.07, 6.45) is 3.06. The number of rotatable bonds is 16. The van der Waals surface area contributed by atoms with Gasteiger partial charge >= 0.3 is 5.97 Å². The summed E-state index contributed by atoms with van der Waals surface area (Å²) in [5.41, 5.74) is 1.40. The fourth-order valence-corrected chi connectivity index (χ4v) is 8.03. The van der Waals surface area contributed by atoms with E-state index in [0.717, 1.165) is 42.7 Å². The number of aliphatic carboxylic acids is 1. The maximum atomic E-state index is 14.4. The van der Waals surface area contributed by atoms with Gasteiger partial charge in [-0.3, -0.25) is 24.1 Å². The number of piperidine rings is 1. The molecule has 0 spiro atoms. The zero-order valence-corrected chi connectivity index (χ0v) is 31.4. The number of carbonyl (C=O) groups is 4. The molecule has 282 valence electrons. The zero-order valence-electron chi connectivity index (χ0n) is 30.6. The van der Waals surface area contributed by atoms with Crippen molar-refractivity contribution in [2.45, 2.75) is 109 Å². The number of carboxylic acid groups (broad SMARTS) is 1. The smallest absolute Gasteiger partial charge is 0.311 e. The number of fused-ring (bicyclic) bond motifs is 1. The second-order valence-corrected chi connectivity index (χ2v) is 15.3. The topological polar surface area (TPSA) is 182 Å². The van der Waals surface area contributed by atoms with Crippen LogP contribution >= 0.6 is 11.3 Å². The number of nitrogens with one attached hydrogen (secondary N) is 2. The predicted octanol–water partition coefficient (Wildman–Crippen LogP) is 3.70. The van der Waals surface area contributed by atoms with Gasteiger partial charge in [-0.1, -0.05) is 46.6 Å². The van der Waals surface area contributed by atoms with E-state index in [0.29, 0.717) is 23.4 Å². The number of aliphatic hydroxyl groups excluding tert-OH is 1. The monoisotopic (exact) mass is 729 g/mol. The molecule has 1 aromatic heterocycles. The maximum absolute atomic E-state index is 14.4. The van der Waals surface area contributed by atoms with Crippen LogP contribution in [0.15, 0.2) is 23.6 Å². The molecule has 4 rings (SSSR count). The third-order valence-electron chi connectivity index (χ3n) is 10.5. The summed E-state index contributed by atoms with van der Waals surface area (Å²) in [7, 11) is 3.50. The summed E-state index contributed by atoms with van der Waals surface area (Å²) in [6.45, 7) is 9.29. The molecule has 1 saturated heterocycles. The van der Waals surface area contributed by atoms with Crippen LogP contribution in [0.1, 0.15) is 105 Å². The van der Waals surface area contributed by atoms with E-state index in [9.17, 15) is 34.5 Å². The molecule has 2 heterocycles. The average Bonchev–Trinajstić information content (AvgIpc) is 3.60. The van der Waals surface area contributed by atoms with Gasteiger partial charge < -0.3 is 35.6 Å². The molecule has 1 aliphatic carbocycles. The highest BCUT2D eigenvalue weighted by molar-refractivity contribution is 7.09. The third-order valence-corrected chi connectivity index (χ3v) is 11.4. The Kier molecular flexibility index (Phi) is 14.4. The van der Waals surface area contributed by atoms with Gasteiger partial charge in [0.1, 0.15) is 28.6 Å². The van der Waals surface area contributed by atoms with E-state index in [2.05, 4.69) is 15.6 Å². The number of methoxy groups -OCH3 is 1. The first-order valence-electron chi connectivity index (χ1n) is 18.0. The van der Waals surface area contributed by atoms with Crippen LogP contribution in [0.2, 0.25) is 0 Å². The number of thiazole rings is 1. The Morgan fingerprint density at radius 2 is 1.92 bits per heavy atom. The number of phenols is 1. The number of ether oxygens (including phenoxy) is 1. The molecule has 3 unspecified atom stereocenters. The number of nitrogens with zero attached hydrogens (tertiary/aromatic N) is 3. The summed E-state index contributed by atoms with van der Waals surface area (Å²) >= 11 is 1.14. The Morgan fingerprint density at radius 1 is 1.18 bits per heavy atom. The Balaban J connectivity index is 1.48. The van der Waals surface area contributed by atoms with Crippen molar-refractivity contribution in [2.24, 2.45) is 11.8 Å². The lowest BCUT2D eigenvalue weighted by Crippen LogP contribution is -2.59. The molecule has 0 bridgehead atoms. The minimum atomic E-state index is -1.08. The molecule has 14 heteroatoms. The molecule has 1 aromatic carbocycles. The molecule has 1 aliphatic heterocycles. The van der Waals surface area contributed by atoms with Gasteiger partial charge in [0.25, 0.3) is 5.91 Å². The van der Waals surface area contributed by atoms with Crippen molar-refractivity contribution in [2.75, 3.05) is 33.9 Å². The van der Waals surface area contributed by atoms with E-state index in [1.165, 1.54) is 12.1 Å². The van der Waals surface area contributed by atoms with Gasteiger partial charge in [0.05, 0.1) is 18.6 Å². The number of hydrogen-bond donors (Lipinski definition) is 5. The van der Waals surface area contributed by atoms with E-state index < -0.39 is 42.0 Å². The molecule has 1 fully saturated rings. The van der Waals surface area contributed by atoms with Crippen molar-refractivity contribution in [3.63, 3.8) is 0 Å². The van der Waals surface area contributed by atoms with E-state index in [4.69, 9.17) is 4.74 Å². The van der Waals surface area contributed by atoms with Crippen LogP contribution in [0.4, 0.5) is 0 Å². The lowest BCUT2D eigenvalue weighted by molar-refractivity contribution is -0.143. The Morgan fingerprint density at radius 3 is 2.57 bits per heavy atom. The van der Waals surface area contributed by atoms with E-state index in [-0.39, 0.29) is 67.1 Å². The van der Waals surface area contributed by atoms with Gasteiger partial charge in [0.2, 0.25) is 11.8 Å². The number of phenolic OH excluding ortho intramolecular Hbond substituents is 1. The predicted molar refractivity (Wildman–Crippen MR) is 194 cm³/mol. The van der Waals surface area contributed by atoms with Crippen LogP contribution in [-0.4, -0.2) is 112 Å². The fraction of sp³-hybridized carbons (Fsp3) is 0.649. The van der Waals surface area contributed by atoms with Crippen molar-refractivity contribution in [1.29, 1.82) is 0 Å². The number of amides is 3. The molecular weight excluding hydrogens is 675 g/mol. The number of carbonyl (C=O) groups excluding carboxylic acids is 3. The standard InChI is InChI=1S/C37H55N5O8S/c1-7-22(4)32(40-34(46)29-10-8-9-13-41(29)5)36(47)42(14-15-50-6)30(21(2)3)19-31(44)35-39-28(20-51-35)33(45)38-24-16-23-11-12-25(43)18-26(23)27(17-24)37(48)49/h11-12,18,20-22,24,27,29-32,43-44H,7-10,13-17,19H2,1-6H3,(H,38,45)(H,40,46)(H,48,49)/t22?,24-,27+,29?,30+,31+,32?/m0/s1. The molecule has 2 aromatic rings. The van der Waals surface area contributed by atoms with Gasteiger partial charge in [-0.2, -0.15) is 0 Å². The first-order chi connectivity index (χ1) is 24.2. The van der Waals surface area contributed by atoms with Gasteiger partial charge in [-0.15, -0.1) is 11.3 Å². The molecule has 5 N–H and O–H groups in total. The van der Waals surface area contributed by atoms with Crippen LogP contribution in [0.25, 0.3) is 0 Å². The largest absolute Gasteiger partial charge is 0.508 e. The van der Waals surface area contributed by atoms with Crippen molar-refractivity contribution in [3.05, 3.63) is 45.4 Å². The van der Waals surface area contributed by atoms with Crippen LogP contribution in [0.3, 0.4) is 0 Å². The lowest BCUT2D eigenvalue weighted by Gasteiger charge is -2.39. The highest BCUT2D eigenvalue weighted by atomic mass is 32.1. The second-order valence-electron chi connectivity index (χ2n) is 14.4. The summed E-state index contributed by atoms with van der Waals surface area (Å²) in [6, 6.07) is 2.71. The number of likely N-dealkylation sites (tertiary alicyclic amines) is 1. The zero-order chi connectivity index (χ0) is 37.4. The van der Waals surface area contributed by atoms with Crippen molar-refractivity contribution >= 4 is 35.0 Å².